The molecule has 0 aromatic carbocycles. The predicted octanol–water partition coefficient (Wildman–Crippen LogP) is -0.466. The number of anilines is 1. The van der Waals surface area contributed by atoms with Crippen molar-refractivity contribution in [1.29, 1.82) is 0 Å². The van der Waals surface area contributed by atoms with Gasteiger partial charge >= 0.3 is 5.97 Å². The summed E-state index contributed by atoms with van der Waals surface area (Å²) in [5.74, 6) is -2.28. The van der Waals surface area contributed by atoms with Gasteiger partial charge in [0.25, 0.3) is 11.8 Å². The van der Waals surface area contributed by atoms with Crippen molar-refractivity contribution in [2.45, 2.75) is 24.9 Å². The third-order valence-corrected chi connectivity index (χ3v) is 4.62. The molecule has 11 heteroatoms. The van der Waals surface area contributed by atoms with E-state index in [1.54, 1.807) is 5.38 Å². The van der Waals surface area contributed by atoms with E-state index >= 15 is 0 Å². The van der Waals surface area contributed by atoms with Gasteiger partial charge in [0, 0.05) is 5.38 Å². The first-order valence-electron chi connectivity index (χ1n) is 7.34. The van der Waals surface area contributed by atoms with Gasteiger partial charge < -0.3 is 21.0 Å². The number of thiazole rings is 1. The van der Waals surface area contributed by atoms with Crippen LogP contribution in [0.1, 0.15) is 18.5 Å². The van der Waals surface area contributed by atoms with E-state index in [0.29, 0.717) is 12.8 Å². The van der Waals surface area contributed by atoms with Gasteiger partial charge in [0.05, 0.1) is 6.04 Å². The van der Waals surface area contributed by atoms with Crippen molar-refractivity contribution >= 4 is 40.0 Å². The van der Waals surface area contributed by atoms with Gasteiger partial charge in [0.1, 0.15) is 24.5 Å². The van der Waals surface area contributed by atoms with Crippen molar-refractivity contribution < 1.29 is 24.3 Å². The van der Waals surface area contributed by atoms with Crippen molar-refractivity contribution in [3.05, 3.63) is 22.8 Å². The van der Waals surface area contributed by atoms with Crippen LogP contribution in [0.5, 0.6) is 0 Å². The molecule has 25 heavy (non-hydrogen) atoms. The smallest absolute Gasteiger partial charge is 0.352 e. The zero-order valence-corrected chi connectivity index (χ0v) is 13.9. The van der Waals surface area contributed by atoms with Crippen LogP contribution in [0, 0.1) is 0 Å². The number of β-lactam (4-membered cyclic amide) rings is 1. The lowest BCUT2D eigenvalue weighted by Crippen LogP contribution is -2.71. The molecule has 0 aliphatic carbocycles. The van der Waals surface area contributed by atoms with Gasteiger partial charge in [-0.1, -0.05) is 11.2 Å². The minimum atomic E-state index is -1.16. The van der Waals surface area contributed by atoms with Crippen LogP contribution in [-0.2, 0) is 19.2 Å². The molecule has 0 radical (unpaired) electrons. The number of nitrogens with zero attached hydrogens (tertiary/aromatic N) is 3. The zero-order chi connectivity index (χ0) is 18.1. The first-order valence-corrected chi connectivity index (χ1v) is 8.22. The lowest BCUT2D eigenvalue weighted by atomic mass is 9.86. The molecule has 1 aromatic heterocycles. The molecule has 0 bridgehead atoms. The Balaban J connectivity index is 1.75. The number of nitrogens with two attached hydrogens (primary N) is 1. The van der Waals surface area contributed by atoms with E-state index in [0.717, 1.165) is 11.3 Å². The summed E-state index contributed by atoms with van der Waals surface area (Å²) in [6.45, 7) is 0. The van der Waals surface area contributed by atoms with Crippen LogP contribution in [0.3, 0.4) is 0 Å². The lowest BCUT2D eigenvalue weighted by Gasteiger charge is -2.48. The van der Waals surface area contributed by atoms with E-state index in [1.165, 1.54) is 18.1 Å². The van der Waals surface area contributed by atoms with E-state index in [4.69, 9.17) is 10.8 Å². The maximum Gasteiger partial charge on any atom is 0.352 e. The highest BCUT2D eigenvalue weighted by Crippen LogP contribution is 2.33. The van der Waals surface area contributed by atoms with Gasteiger partial charge in [0.2, 0.25) is 0 Å². The van der Waals surface area contributed by atoms with E-state index in [9.17, 15) is 14.4 Å². The normalized spacial score (nSPS) is 22.6. The molecule has 1 aromatic rings. The first kappa shape index (κ1) is 16.9. The molecule has 2 atom stereocenters. The number of aromatic nitrogens is 1. The van der Waals surface area contributed by atoms with Crippen LogP contribution >= 0.6 is 11.3 Å². The molecule has 132 valence electrons. The van der Waals surface area contributed by atoms with Crippen LogP contribution in [0.25, 0.3) is 0 Å². The van der Waals surface area contributed by atoms with Gasteiger partial charge in [-0.25, -0.2) is 9.78 Å². The molecule has 2 amide bonds. The molecule has 3 rings (SSSR count). The summed E-state index contributed by atoms with van der Waals surface area (Å²) in [7, 11) is 1.28. The third kappa shape index (κ3) is 2.93. The van der Waals surface area contributed by atoms with E-state index in [-0.39, 0.29) is 22.2 Å². The van der Waals surface area contributed by atoms with Gasteiger partial charge in [-0.2, -0.15) is 0 Å². The summed E-state index contributed by atoms with van der Waals surface area (Å²) >= 11 is 1.14. The number of nitrogen functional groups attached to an aromatic ring is 1. The fourth-order valence-corrected chi connectivity index (χ4v) is 3.42. The Bertz CT molecular complexity index is 801. The molecule has 2 aliphatic heterocycles. The average Bonchev–Trinajstić information content (AvgIpc) is 3.02. The Morgan fingerprint density at radius 2 is 2.32 bits per heavy atom. The summed E-state index contributed by atoms with van der Waals surface area (Å²) in [5.41, 5.74) is 5.64. The molecular formula is C14H15N5O5S. The highest BCUT2D eigenvalue weighted by Gasteiger charge is 2.52. The summed E-state index contributed by atoms with van der Waals surface area (Å²) in [4.78, 5) is 45.8. The van der Waals surface area contributed by atoms with E-state index in [1.807, 2.05) is 0 Å². The van der Waals surface area contributed by atoms with Gasteiger partial charge in [0.15, 0.2) is 10.8 Å². The van der Waals surface area contributed by atoms with Crippen molar-refractivity contribution in [3.8, 4) is 0 Å². The maximum atomic E-state index is 12.5. The number of hydrogen-bond donors (Lipinski definition) is 3. The Morgan fingerprint density at radius 3 is 2.92 bits per heavy atom. The maximum absolute atomic E-state index is 12.5. The third-order valence-electron chi connectivity index (χ3n) is 3.95. The minimum absolute atomic E-state index is 0.0511. The monoisotopic (exact) mass is 365 g/mol. The predicted molar refractivity (Wildman–Crippen MR) is 87.6 cm³/mol. The molecule has 0 saturated carbocycles. The highest BCUT2D eigenvalue weighted by atomic mass is 32.1. The second-order valence-electron chi connectivity index (χ2n) is 5.39. The second-order valence-corrected chi connectivity index (χ2v) is 6.28. The number of rotatable bonds is 5. The van der Waals surface area contributed by atoms with Crippen molar-refractivity contribution in [1.82, 2.24) is 15.2 Å². The SMILES string of the molecule is CO/N=C(\C(=O)N[C@@H]1C(=O)N2C(C(=O)O)=CCC[C@H]12)c1csc(N)n1. The number of allylic oxidation sites excluding steroid dienone is 1. The first-order chi connectivity index (χ1) is 11.9. The number of oxime groups is 1. The molecule has 0 unspecified atom stereocenters. The van der Waals surface area contributed by atoms with Crippen LogP contribution in [0.2, 0.25) is 0 Å². The van der Waals surface area contributed by atoms with Gasteiger partial charge in [-0.05, 0) is 12.8 Å². The van der Waals surface area contributed by atoms with Crippen LogP contribution in [0.15, 0.2) is 22.3 Å². The topological polar surface area (TPSA) is 147 Å². The summed E-state index contributed by atoms with van der Waals surface area (Å²) in [5, 5.41) is 17.2. The molecule has 1 saturated heterocycles. The highest BCUT2D eigenvalue weighted by molar-refractivity contribution is 7.13. The average molecular weight is 365 g/mol. The standard InChI is InChI=1S/C14H15N5O5S/c1-24-18-9(6-5-25-14(15)16-6)11(20)17-10-7-3-2-4-8(13(22)23)19(7)12(10)21/h4-5,7,10H,2-3H2,1H3,(H2,15,16)(H,17,20)(H,22,23)/b18-9-/t7-,10+/m1/s1. The molecule has 3 heterocycles. The quantitative estimate of drug-likeness (QED) is 0.363. The summed E-state index contributed by atoms with van der Waals surface area (Å²) < 4.78 is 0. The van der Waals surface area contributed by atoms with Gasteiger partial charge in [-0.15, -0.1) is 11.3 Å². The molecule has 4 N–H and O–H groups in total. The molecular weight excluding hydrogens is 350 g/mol. The number of carboxylic acid groups (broad SMARTS) is 1. The minimum Gasteiger partial charge on any atom is -0.477 e. The zero-order valence-electron chi connectivity index (χ0n) is 13.1. The molecule has 0 spiro atoms. The summed E-state index contributed by atoms with van der Waals surface area (Å²) in [6.07, 6.45) is 2.59. The van der Waals surface area contributed by atoms with Crippen LogP contribution < -0.4 is 11.1 Å². The number of carboxylic acids is 1. The van der Waals surface area contributed by atoms with Crippen molar-refractivity contribution in [2.75, 3.05) is 12.8 Å². The van der Waals surface area contributed by atoms with E-state index in [2.05, 4.69) is 20.3 Å². The van der Waals surface area contributed by atoms with Crippen molar-refractivity contribution in [3.63, 3.8) is 0 Å². The Hall–Kier alpha value is -2.95. The second kappa shape index (κ2) is 6.51. The van der Waals surface area contributed by atoms with Crippen LogP contribution in [0.4, 0.5) is 5.13 Å². The number of carbonyl (C=O) groups excluding carboxylic acids is 2. The van der Waals surface area contributed by atoms with Crippen molar-refractivity contribution in [2.24, 2.45) is 5.16 Å². The number of amides is 2. The largest absolute Gasteiger partial charge is 0.477 e. The Kier molecular flexibility index (Phi) is 4.40. The molecule has 10 nitrogen and oxygen atoms in total. The fourth-order valence-electron chi connectivity index (χ4n) is 2.88. The number of nitrogens with one attached hydrogen (secondary N) is 1. The molecule has 2 aliphatic rings. The Labute approximate surface area is 145 Å². The number of carbonyl (C=O) groups is 3. The Morgan fingerprint density at radius 1 is 1.56 bits per heavy atom. The van der Waals surface area contributed by atoms with E-state index < -0.39 is 29.9 Å². The summed E-state index contributed by atoms with van der Waals surface area (Å²) in [6, 6.07) is -1.20. The van der Waals surface area contributed by atoms with Crippen LogP contribution in [-0.4, -0.2) is 57.7 Å². The lowest BCUT2D eigenvalue weighted by molar-refractivity contribution is -0.155. The fraction of sp³-hybridized carbons (Fsp3) is 0.357. The van der Waals surface area contributed by atoms with Gasteiger partial charge in [-0.3, -0.25) is 14.5 Å². The number of hydrogen-bond acceptors (Lipinski definition) is 8. The number of aliphatic carboxylic acids is 1. The molecule has 1 fully saturated rings. The number of fused-ring (bicyclic) bond motifs is 1.